The number of hydrogen-bond acceptors (Lipinski definition) is 5. The van der Waals surface area contributed by atoms with E-state index in [2.05, 4.69) is 13.8 Å². The SMILES string of the molecule is CCCCCCCCCCCSC(CCCCCCC)C(C)OC(OCCC)([PH+]=O)C(=O)O. The molecule has 0 spiro atoms. The van der Waals surface area contributed by atoms with Crippen LogP contribution in [0, 0.1) is 0 Å². The van der Waals surface area contributed by atoms with Crippen LogP contribution < -0.4 is 0 Å². The van der Waals surface area contributed by atoms with Crippen LogP contribution in [0.1, 0.15) is 130 Å². The largest absolute Gasteiger partial charge is 0.474 e. The molecule has 0 aromatic heterocycles. The fourth-order valence-electron chi connectivity index (χ4n) is 3.88. The maximum atomic E-state index is 11.8. The van der Waals surface area contributed by atoms with Gasteiger partial charge in [0.15, 0.2) is 0 Å². The number of ether oxygens (including phenoxy) is 2. The standard InChI is InChI=1S/C26H51O5PS/c1-5-8-10-12-13-14-15-17-19-22-33-24(20-18-16-11-9-6-2)23(4)31-26(32-29,25(27)28)30-21-7-3/h23-24H,5-22H2,1-4H3,(H,27,28)/p+1. The van der Waals surface area contributed by atoms with Crippen molar-refractivity contribution < 1.29 is 23.9 Å². The Hall–Kier alpha value is -0.160. The summed E-state index contributed by atoms with van der Waals surface area (Å²) in [5.41, 5.74) is -2.05. The highest BCUT2D eigenvalue weighted by molar-refractivity contribution is 7.99. The number of unbranched alkanes of at least 4 members (excludes halogenated alkanes) is 12. The fourth-order valence-corrected chi connectivity index (χ4v) is 5.69. The van der Waals surface area contributed by atoms with Crippen molar-refractivity contribution in [2.75, 3.05) is 12.4 Å². The monoisotopic (exact) mass is 507 g/mol. The van der Waals surface area contributed by atoms with Gasteiger partial charge in [-0.15, -0.1) is 0 Å². The number of rotatable bonds is 25. The van der Waals surface area contributed by atoms with E-state index in [1.54, 1.807) is 0 Å². The summed E-state index contributed by atoms with van der Waals surface area (Å²) in [7, 11) is -1.20. The van der Waals surface area contributed by atoms with Gasteiger partial charge in [-0.1, -0.05) is 109 Å². The summed E-state index contributed by atoms with van der Waals surface area (Å²) in [5.74, 6) is -0.250. The summed E-state index contributed by atoms with van der Waals surface area (Å²) >= 11 is 1.88. The Labute approximate surface area is 209 Å². The van der Waals surface area contributed by atoms with Gasteiger partial charge in [-0.2, -0.15) is 11.8 Å². The smallest absolute Gasteiger partial charge is 0.472 e. The Kier molecular flexibility index (Phi) is 22.2. The number of aliphatic carboxylic acids is 1. The van der Waals surface area contributed by atoms with E-state index in [4.69, 9.17) is 9.47 Å². The average Bonchev–Trinajstić information content (AvgIpc) is 2.81. The van der Waals surface area contributed by atoms with E-state index < -0.39 is 20.0 Å². The van der Waals surface area contributed by atoms with E-state index in [9.17, 15) is 14.5 Å². The predicted molar refractivity (Wildman–Crippen MR) is 143 cm³/mol. The lowest BCUT2D eigenvalue weighted by Crippen LogP contribution is -2.44. The molecule has 196 valence electrons. The van der Waals surface area contributed by atoms with Crippen LogP contribution in [0.25, 0.3) is 0 Å². The molecule has 0 aliphatic carbocycles. The Morgan fingerprint density at radius 3 is 1.85 bits per heavy atom. The van der Waals surface area contributed by atoms with Crippen LogP contribution in [0.5, 0.6) is 0 Å². The first-order chi connectivity index (χ1) is 16.0. The van der Waals surface area contributed by atoms with Crippen molar-refractivity contribution in [1.29, 1.82) is 0 Å². The molecule has 0 amide bonds. The summed E-state index contributed by atoms with van der Waals surface area (Å²) in [5, 5.41) is 9.85. The Balaban J connectivity index is 4.63. The van der Waals surface area contributed by atoms with E-state index in [0.29, 0.717) is 6.42 Å². The lowest BCUT2D eigenvalue weighted by Gasteiger charge is -2.28. The zero-order valence-corrected chi connectivity index (χ0v) is 23.7. The number of carboxylic acid groups (broad SMARTS) is 1. The molecule has 4 unspecified atom stereocenters. The molecule has 0 aliphatic rings. The quantitative estimate of drug-likeness (QED) is 0.0758. The maximum Gasteiger partial charge on any atom is 0.472 e. The third-order valence-corrected chi connectivity index (χ3v) is 8.29. The van der Waals surface area contributed by atoms with Crippen LogP contribution in [-0.2, 0) is 18.8 Å². The van der Waals surface area contributed by atoms with Gasteiger partial charge >= 0.3 is 20.0 Å². The van der Waals surface area contributed by atoms with Crippen LogP contribution in [-0.4, -0.2) is 40.3 Å². The van der Waals surface area contributed by atoms with Crippen molar-refractivity contribution in [3.8, 4) is 0 Å². The summed E-state index contributed by atoms with van der Waals surface area (Å²) in [6.45, 7) is 8.48. The third-order valence-electron chi connectivity index (χ3n) is 5.97. The first-order valence-electron chi connectivity index (χ1n) is 13.5. The van der Waals surface area contributed by atoms with Crippen LogP contribution >= 0.6 is 20.2 Å². The van der Waals surface area contributed by atoms with Gasteiger partial charge in [0.25, 0.3) is 0 Å². The molecule has 0 aliphatic heterocycles. The molecule has 0 bridgehead atoms. The minimum Gasteiger partial charge on any atom is -0.474 e. The second-order valence-electron chi connectivity index (χ2n) is 9.14. The Bertz CT molecular complexity index is 480. The van der Waals surface area contributed by atoms with Crippen LogP contribution in [0.3, 0.4) is 0 Å². The molecule has 0 radical (unpaired) electrons. The van der Waals surface area contributed by atoms with Crippen molar-refractivity contribution >= 4 is 26.2 Å². The number of hydrogen-bond donors (Lipinski definition) is 1. The molecule has 4 atom stereocenters. The van der Waals surface area contributed by atoms with Crippen LogP contribution in [0.4, 0.5) is 0 Å². The number of carboxylic acids is 1. The molecule has 0 aromatic rings. The third kappa shape index (κ3) is 16.2. The fraction of sp³-hybridized carbons (Fsp3) is 0.962. The van der Waals surface area contributed by atoms with Crippen LogP contribution in [0.15, 0.2) is 0 Å². The highest BCUT2D eigenvalue weighted by Gasteiger charge is 2.53. The molecule has 0 rings (SSSR count). The molecule has 0 fully saturated rings. The topological polar surface area (TPSA) is 72.8 Å². The molecule has 33 heavy (non-hydrogen) atoms. The van der Waals surface area contributed by atoms with Gasteiger partial charge in [0.05, 0.1) is 12.7 Å². The van der Waals surface area contributed by atoms with Gasteiger partial charge in [-0.25, -0.2) is 4.79 Å². The second-order valence-corrected chi connectivity index (χ2v) is 11.3. The minimum atomic E-state index is -2.05. The summed E-state index contributed by atoms with van der Waals surface area (Å²) < 4.78 is 23.2. The van der Waals surface area contributed by atoms with Gasteiger partial charge in [-0.05, 0) is 31.9 Å². The Morgan fingerprint density at radius 2 is 1.36 bits per heavy atom. The molecular weight excluding hydrogens is 455 g/mol. The summed E-state index contributed by atoms with van der Waals surface area (Å²) in [6.07, 6.45) is 19.1. The highest BCUT2D eigenvalue weighted by atomic mass is 32.2. The molecule has 1 N–H and O–H groups in total. The van der Waals surface area contributed by atoms with E-state index >= 15 is 0 Å². The van der Waals surface area contributed by atoms with Crippen LogP contribution in [0.2, 0.25) is 0 Å². The van der Waals surface area contributed by atoms with Crippen molar-refractivity contribution in [3.63, 3.8) is 0 Å². The number of carbonyl (C=O) groups is 1. The van der Waals surface area contributed by atoms with Gasteiger partial charge < -0.3 is 9.84 Å². The lowest BCUT2D eigenvalue weighted by molar-refractivity contribution is -0.217. The first-order valence-corrected chi connectivity index (χ1v) is 15.5. The predicted octanol–water partition coefficient (Wildman–Crippen LogP) is 8.57. The summed E-state index contributed by atoms with van der Waals surface area (Å²) in [6, 6.07) is 0. The zero-order chi connectivity index (χ0) is 24.8. The highest BCUT2D eigenvalue weighted by Crippen LogP contribution is 2.33. The van der Waals surface area contributed by atoms with Gasteiger partial charge in [0.1, 0.15) is 0 Å². The Morgan fingerprint density at radius 1 is 0.848 bits per heavy atom. The van der Waals surface area contributed by atoms with Crippen molar-refractivity contribution in [2.24, 2.45) is 0 Å². The van der Waals surface area contributed by atoms with Crippen molar-refractivity contribution in [1.82, 2.24) is 0 Å². The van der Waals surface area contributed by atoms with E-state index in [0.717, 1.165) is 18.6 Å². The van der Waals surface area contributed by atoms with Crippen molar-refractivity contribution in [2.45, 2.75) is 147 Å². The molecule has 7 heteroatoms. The van der Waals surface area contributed by atoms with E-state index in [1.807, 2.05) is 25.6 Å². The molecule has 0 heterocycles. The van der Waals surface area contributed by atoms with Gasteiger partial charge in [0, 0.05) is 5.25 Å². The minimum absolute atomic E-state index is 0.181. The normalized spacial score (nSPS) is 15.4. The van der Waals surface area contributed by atoms with E-state index in [-0.39, 0.29) is 18.0 Å². The zero-order valence-electron chi connectivity index (χ0n) is 21.9. The molecule has 0 saturated heterocycles. The van der Waals surface area contributed by atoms with Gasteiger partial charge in [-0.3, -0.25) is 4.74 Å². The second kappa shape index (κ2) is 22.3. The summed E-state index contributed by atoms with van der Waals surface area (Å²) in [4.78, 5) is 11.8. The van der Waals surface area contributed by atoms with Crippen molar-refractivity contribution in [3.05, 3.63) is 0 Å². The van der Waals surface area contributed by atoms with Gasteiger partial charge in [0.2, 0.25) is 0 Å². The number of thioether (sulfide) groups is 1. The molecule has 0 saturated carbocycles. The van der Waals surface area contributed by atoms with E-state index in [1.165, 1.54) is 83.5 Å². The maximum absolute atomic E-state index is 11.8. The first kappa shape index (κ1) is 32.8. The average molecular weight is 508 g/mol. The molecule has 0 aromatic carbocycles. The molecule has 5 nitrogen and oxygen atoms in total. The molecular formula is C26H52O5PS+. The lowest BCUT2D eigenvalue weighted by atomic mass is 10.1.